The molecule has 0 spiro atoms. The Balaban J connectivity index is 1.72. The zero-order valence-electron chi connectivity index (χ0n) is 17.7. The van der Waals surface area contributed by atoms with Crippen molar-refractivity contribution in [2.45, 2.75) is 20.8 Å². The molecule has 0 saturated heterocycles. The molecule has 164 valence electrons. The summed E-state index contributed by atoms with van der Waals surface area (Å²) in [5.74, 6) is -1.87. The van der Waals surface area contributed by atoms with Gasteiger partial charge >= 0.3 is 5.97 Å². The van der Waals surface area contributed by atoms with Gasteiger partial charge in [-0.25, -0.2) is 4.79 Å². The standard InChI is InChI=1S/C24H21ClN2O5/c1-13-21(15(3)28)14(2)26-22(13)24(31)32-12-20(29)27-19-10-9-17(25)11-18(19)23(30)16-7-5-4-6-8-16/h4-11,26H,12H2,1-3H3,(H,27,29). The number of hydrogen-bond acceptors (Lipinski definition) is 5. The number of benzene rings is 2. The van der Waals surface area contributed by atoms with Crippen LogP contribution in [-0.2, 0) is 9.53 Å². The first-order valence-electron chi connectivity index (χ1n) is 9.75. The van der Waals surface area contributed by atoms with Gasteiger partial charge in [-0.3, -0.25) is 14.4 Å². The van der Waals surface area contributed by atoms with E-state index in [0.29, 0.717) is 27.4 Å². The van der Waals surface area contributed by atoms with E-state index in [-0.39, 0.29) is 28.5 Å². The maximum atomic E-state index is 12.9. The quantitative estimate of drug-likeness (QED) is 0.405. The van der Waals surface area contributed by atoms with Crippen LogP contribution in [0.25, 0.3) is 0 Å². The Morgan fingerprint density at radius 3 is 2.34 bits per heavy atom. The first-order chi connectivity index (χ1) is 15.2. The number of aromatic nitrogens is 1. The number of ketones is 2. The molecule has 0 atom stereocenters. The third kappa shape index (κ3) is 4.95. The second-order valence-corrected chi connectivity index (χ2v) is 7.63. The highest BCUT2D eigenvalue weighted by Gasteiger charge is 2.22. The predicted octanol–water partition coefficient (Wildman–Crippen LogP) is 4.51. The Morgan fingerprint density at radius 1 is 1.03 bits per heavy atom. The van der Waals surface area contributed by atoms with Gasteiger partial charge in [-0.1, -0.05) is 41.9 Å². The number of carbonyl (C=O) groups excluding carboxylic acids is 4. The largest absolute Gasteiger partial charge is 0.451 e. The van der Waals surface area contributed by atoms with Crippen molar-refractivity contribution in [3.8, 4) is 0 Å². The predicted molar refractivity (Wildman–Crippen MR) is 121 cm³/mol. The van der Waals surface area contributed by atoms with Gasteiger partial charge in [0.2, 0.25) is 0 Å². The fraction of sp³-hybridized carbons (Fsp3) is 0.167. The minimum absolute atomic E-state index is 0.118. The number of anilines is 1. The molecule has 0 saturated carbocycles. The fourth-order valence-electron chi connectivity index (χ4n) is 3.43. The van der Waals surface area contributed by atoms with Crippen LogP contribution >= 0.6 is 11.6 Å². The van der Waals surface area contributed by atoms with Gasteiger partial charge in [-0.05, 0) is 44.5 Å². The first kappa shape index (κ1) is 23.0. The highest BCUT2D eigenvalue weighted by atomic mass is 35.5. The highest BCUT2D eigenvalue weighted by molar-refractivity contribution is 6.31. The van der Waals surface area contributed by atoms with E-state index < -0.39 is 18.5 Å². The molecule has 1 heterocycles. The molecule has 1 amide bonds. The Labute approximate surface area is 189 Å². The topological polar surface area (TPSA) is 105 Å². The summed E-state index contributed by atoms with van der Waals surface area (Å²) in [4.78, 5) is 52.2. The van der Waals surface area contributed by atoms with Gasteiger partial charge in [0.05, 0.1) is 5.69 Å². The summed E-state index contributed by atoms with van der Waals surface area (Å²) in [6.45, 7) is 4.14. The lowest BCUT2D eigenvalue weighted by Crippen LogP contribution is -2.22. The normalized spacial score (nSPS) is 10.5. The maximum absolute atomic E-state index is 12.9. The van der Waals surface area contributed by atoms with Gasteiger partial charge < -0.3 is 15.0 Å². The molecule has 7 nitrogen and oxygen atoms in total. The zero-order chi connectivity index (χ0) is 23.4. The van der Waals surface area contributed by atoms with E-state index >= 15 is 0 Å². The van der Waals surface area contributed by atoms with Crippen LogP contribution in [0.4, 0.5) is 5.69 Å². The maximum Gasteiger partial charge on any atom is 0.355 e. The number of H-pyrrole nitrogens is 1. The van der Waals surface area contributed by atoms with Crippen molar-refractivity contribution < 1.29 is 23.9 Å². The summed E-state index contributed by atoms with van der Waals surface area (Å²) < 4.78 is 5.10. The van der Waals surface area contributed by atoms with Gasteiger partial charge in [0.1, 0.15) is 5.69 Å². The van der Waals surface area contributed by atoms with E-state index in [4.69, 9.17) is 16.3 Å². The summed E-state index contributed by atoms with van der Waals surface area (Å²) in [7, 11) is 0. The van der Waals surface area contributed by atoms with E-state index in [1.165, 1.54) is 19.1 Å². The zero-order valence-corrected chi connectivity index (χ0v) is 18.5. The molecule has 0 aliphatic rings. The van der Waals surface area contributed by atoms with Crippen molar-refractivity contribution in [3.05, 3.63) is 87.2 Å². The van der Waals surface area contributed by atoms with Gasteiger partial charge in [-0.15, -0.1) is 0 Å². The average Bonchev–Trinajstić information content (AvgIpc) is 3.07. The van der Waals surface area contributed by atoms with Crippen LogP contribution in [0.2, 0.25) is 5.02 Å². The number of nitrogens with one attached hydrogen (secondary N) is 2. The van der Waals surface area contributed by atoms with E-state index in [1.807, 2.05) is 0 Å². The van der Waals surface area contributed by atoms with Crippen molar-refractivity contribution in [1.29, 1.82) is 0 Å². The number of hydrogen-bond donors (Lipinski definition) is 2. The number of ether oxygens (including phenoxy) is 1. The third-order valence-electron chi connectivity index (χ3n) is 4.86. The summed E-state index contributed by atoms with van der Waals surface area (Å²) in [5.41, 5.74) is 2.46. The molecule has 32 heavy (non-hydrogen) atoms. The van der Waals surface area contributed by atoms with Crippen molar-refractivity contribution in [2.24, 2.45) is 0 Å². The Hall–Kier alpha value is -3.71. The molecular formula is C24H21ClN2O5. The molecule has 0 fully saturated rings. The van der Waals surface area contributed by atoms with Crippen LogP contribution in [0.15, 0.2) is 48.5 Å². The molecule has 0 aliphatic carbocycles. The van der Waals surface area contributed by atoms with Crippen molar-refractivity contribution in [3.63, 3.8) is 0 Å². The summed E-state index contributed by atoms with van der Waals surface area (Å²) in [6.07, 6.45) is 0. The van der Waals surface area contributed by atoms with E-state index in [0.717, 1.165) is 0 Å². The van der Waals surface area contributed by atoms with Crippen LogP contribution in [0.5, 0.6) is 0 Å². The monoisotopic (exact) mass is 452 g/mol. The number of rotatable bonds is 7. The minimum Gasteiger partial charge on any atom is -0.451 e. The molecule has 1 aromatic heterocycles. The molecule has 2 aromatic carbocycles. The van der Waals surface area contributed by atoms with E-state index in [2.05, 4.69) is 10.3 Å². The molecule has 0 unspecified atom stereocenters. The average molecular weight is 453 g/mol. The van der Waals surface area contributed by atoms with Gasteiger partial charge in [0, 0.05) is 27.4 Å². The van der Waals surface area contributed by atoms with E-state index in [9.17, 15) is 19.2 Å². The number of aromatic amines is 1. The Morgan fingerprint density at radius 2 is 1.72 bits per heavy atom. The Bertz CT molecular complexity index is 1210. The Kier molecular flexibility index (Phi) is 6.90. The fourth-order valence-corrected chi connectivity index (χ4v) is 3.60. The van der Waals surface area contributed by atoms with Crippen LogP contribution in [0, 0.1) is 13.8 Å². The number of halogens is 1. The first-order valence-corrected chi connectivity index (χ1v) is 10.1. The summed E-state index contributed by atoms with van der Waals surface area (Å²) >= 11 is 6.05. The van der Waals surface area contributed by atoms with Crippen LogP contribution in [0.1, 0.15) is 54.9 Å². The molecule has 2 N–H and O–H groups in total. The summed E-state index contributed by atoms with van der Waals surface area (Å²) in [5, 5.41) is 2.93. The number of carbonyl (C=O) groups is 4. The van der Waals surface area contributed by atoms with Crippen LogP contribution in [-0.4, -0.2) is 35.0 Å². The molecule has 0 aliphatic heterocycles. The number of Topliss-reactive ketones (excluding diaryl/α,β-unsaturated/α-hetero) is 1. The van der Waals surface area contributed by atoms with Gasteiger partial charge in [-0.2, -0.15) is 0 Å². The van der Waals surface area contributed by atoms with Crippen molar-refractivity contribution >= 4 is 40.7 Å². The number of aryl methyl sites for hydroxylation is 1. The third-order valence-corrected chi connectivity index (χ3v) is 5.10. The van der Waals surface area contributed by atoms with E-state index in [1.54, 1.807) is 50.2 Å². The van der Waals surface area contributed by atoms with Crippen molar-refractivity contribution in [2.75, 3.05) is 11.9 Å². The summed E-state index contributed by atoms with van der Waals surface area (Å²) in [6, 6.07) is 13.1. The van der Waals surface area contributed by atoms with Crippen LogP contribution in [0.3, 0.4) is 0 Å². The molecule has 0 radical (unpaired) electrons. The lowest BCUT2D eigenvalue weighted by Gasteiger charge is -2.11. The second kappa shape index (κ2) is 9.62. The highest BCUT2D eigenvalue weighted by Crippen LogP contribution is 2.24. The molecule has 8 heteroatoms. The second-order valence-electron chi connectivity index (χ2n) is 7.19. The molecular weight excluding hydrogens is 432 g/mol. The SMILES string of the molecule is CC(=O)c1c(C)[nH]c(C(=O)OCC(=O)Nc2ccc(Cl)cc2C(=O)c2ccccc2)c1C. The smallest absolute Gasteiger partial charge is 0.355 e. The van der Waals surface area contributed by atoms with Crippen LogP contribution < -0.4 is 5.32 Å². The van der Waals surface area contributed by atoms with Gasteiger partial charge in [0.15, 0.2) is 18.2 Å². The number of esters is 1. The lowest BCUT2D eigenvalue weighted by atomic mass is 10.0. The number of amides is 1. The molecule has 3 aromatic rings. The molecule has 3 rings (SSSR count). The minimum atomic E-state index is -0.759. The van der Waals surface area contributed by atoms with Crippen molar-refractivity contribution in [1.82, 2.24) is 4.98 Å². The lowest BCUT2D eigenvalue weighted by molar-refractivity contribution is -0.119. The van der Waals surface area contributed by atoms with Gasteiger partial charge in [0.25, 0.3) is 5.91 Å². The molecule has 0 bridgehead atoms.